The van der Waals surface area contributed by atoms with Gasteiger partial charge in [-0.1, -0.05) is 18.2 Å². The summed E-state index contributed by atoms with van der Waals surface area (Å²) in [4.78, 5) is 21.5. The van der Waals surface area contributed by atoms with Crippen molar-refractivity contribution in [3.8, 4) is 16.9 Å². The molecule has 7 heteroatoms. The molecule has 0 aliphatic heterocycles. The fourth-order valence-electron chi connectivity index (χ4n) is 2.15. The lowest BCUT2D eigenvalue weighted by atomic mass is 9.97. The van der Waals surface area contributed by atoms with Crippen LogP contribution in [0.15, 0.2) is 36.4 Å². The fourth-order valence-corrected chi connectivity index (χ4v) is 2.15. The van der Waals surface area contributed by atoms with Gasteiger partial charge in [0.25, 0.3) is 5.69 Å². The number of nitrogens with zero attached hydrogens (tertiary/aromatic N) is 1. The van der Waals surface area contributed by atoms with Gasteiger partial charge in [-0.2, -0.15) is 0 Å². The summed E-state index contributed by atoms with van der Waals surface area (Å²) < 4.78 is 0. The Morgan fingerprint density at radius 2 is 2.00 bits per heavy atom. The normalized spacial score (nSPS) is 10.1. The fraction of sp³-hybridized carbons (Fsp3) is 0.0714. The summed E-state index contributed by atoms with van der Waals surface area (Å²) in [5.41, 5.74) is 6.58. The van der Waals surface area contributed by atoms with Crippen LogP contribution in [0.2, 0.25) is 0 Å². The van der Waals surface area contributed by atoms with Crippen LogP contribution in [0.1, 0.15) is 5.56 Å². The smallest absolute Gasteiger partial charge is 0.316 e. The molecule has 0 atom stereocenters. The molecule has 2 aromatic rings. The number of non-ortho nitro benzene ring substituents is 1. The van der Waals surface area contributed by atoms with Crippen molar-refractivity contribution in [2.75, 3.05) is 5.32 Å². The molecule has 4 N–H and O–H groups in total. The number of benzene rings is 2. The molecule has 7 nitrogen and oxygen atoms in total. The number of para-hydroxylation sites is 1. The molecule has 0 unspecified atom stereocenters. The molecular formula is C14H13N3O4. The first-order valence-electron chi connectivity index (χ1n) is 6.04. The summed E-state index contributed by atoms with van der Waals surface area (Å²) in [7, 11) is 0. The minimum absolute atomic E-state index is 0.00183. The number of primary amides is 1. The summed E-state index contributed by atoms with van der Waals surface area (Å²) in [5, 5.41) is 23.2. The number of amides is 2. The Kier molecular flexibility index (Phi) is 3.75. The first kappa shape index (κ1) is 14.3. The highest BCUT2D eigenvalue weighted by Crippen LogP contribution is 2.39. The number of hydrogen-bond acceptors (Lipinski definition) is 4. The van der Waals surface area contributed by atoms with Crippen molar-refractivity contribution in [3.05, 3.63) is 52.1 Å². The minimum atomic E-state index is -0.841. The third-order valence-corrected chi connectivity index (χ3v) is 2.96. The number of anilines is 1. The van der Waals surface area contributed by atoms with Crippen molar-refractivity contribution in [2.45, 2.75) is 6.92 Å². The van der Waals surface area contributed by atoms with Gasteiger partial charge in [0, 0.05) is 23.3 Å². The predicted molar refractivity (Wildman–Crippen MR) is 78.1 cm³/mol. The lowest BCUT2D eigenvalue weighted by Gasteiger charge is -2.14. The predicted octanol–water partition coefficient (Wildman–Crippen LogP) is 2.77. The second-order valence-corrected chi connectivity index (χ2v) is 4.45. The van der Waals surface area contributed by atoms with Crippen LogP contribution in [0, 0.1) is 17.0 Å². The highest BCUT2D eigenvalue weighted by Gasteiger charge is 2.18. The number of rotatable bonds is 3. The van der Waals surface area contributed by atoms with E-state index in [0.29, 0.717) is 16.7 Å². The molecule has 0 saturated heterocycles. The minimum Gasteiger partial charge on any atom is -0.507 e. The number of urea groups is 1. The number of aryl methyl sites for hydroxylation is 1. The number of nitrogens with one attached hydrogen (secondary N) is 1. The summed E-state index contributed by atoms with van der Waals surface area (Å²) in [6, 6.07) is 8.24. The van der Waals surface area contributed by atoms with Gasteiger partial charge < -0.3 is 16.2 Å². The van der Waals surface area contributed by atoms with Crippen molar-refractivity contribution < 1.29 is 14.8 Å². The average Bonchev–Trinajstić information content (AvgIpc) is 2.39. The van der Waals surface area contributed by atoms with Gasteiger partial charge in [-0.25, -0.2) is 4.79 Å². The van der Waals surface area contributed by atoms with E-state index in [1.165, 1.54) is 18.2 Å². The molecule has 108 valence electrons. The van der Waals surface area contributed by atoms with E-state index in [4.69, 9.17) is 5.73 Å². The Morgan fingerprint density at radius 3 is 2.57 bits per heavy atom. The zero-order chi connectivity index (χ0) is 15.6. The number of carbonyl (C=O) groups is 1. The van der Waals surface area contributed by atoms with Gasteiger partial charge in [0.15, 0.2) is 0 Å². The first-order valence-corrected chi connectivity index (χ1v) is 6.04. The number of carbonyl (C=O) groups excluding carboxylic acids is 1. The summed E-state index contributed by atoms with van der Waals surface area (Å²) in [6.45, 7) is 1.65. The van der Waals surface area contributed by atoms with E-state index in [0.717, 1.165) is 0 Å². The van der Waals surface area contributed by atoms with Crippen molar-refractivity contribution in [1.29, 1.82) is 0 Å². The van der Waals surface area contributed by atoms with E-state index in [-0.39, 0.29) is 17.1 Å². The van der Waals surface area contributed by atoms with E-state index in [2.05, 4.69) is 5.32 Å². The van der Waals surface area contributed by atoms with Gasteiger partial charge >= 0.3 is 6.03 Å². The molecule has 0 aliphatic carbocycles. The van der Waals surface area contributed by atoms with Gasteiger partial charge in [-0.05, 0) is 18.6 Å². The van der Waals surface area contributed by atoms with Gasteiger partial charge in [0.2, 0.25) is 0 Å². The average molecular weight is 287 g/mol. The van der Waals surface area contributed by atoms with Crippen LogP contribution in [0.5, 0.6) is 5.75 Å². The molecule has 21 heavy (non-hydrogen) atoms. The molecule has 2 rings (SSSR count). The molecular weight excluding hydrogens is 274 g/mol. The Balaban J connectivity index is 2.72. The largest absolute Gasteiger partial charge is 0.507 e. The zero-order valence-electron chi connectivity index (χ0n) is 11.2. The Labute approximate surface area is 120 Å². The van der Waals surface area contributed by atoms with E-state index in [9.17, 15) is 20.0 Å². The maximum absolute atomic E-state index is 11.1. The number of nitro benzene ring substituents is 1. The van der Waals surface area contributed by atoms with Crippen LogP contribution < -0.4 is 11.1 Å². The monoisotopic (exact) mass is 287 g/mol. The summed E-state index contributed by atoms with van der Waals surface area (Å²) in [6.07, 6.45) is 0. The Hall–Kier alpha value is -3.09. The molecule has 0 saturated carbocycles. The molecule has 0 heterocycles. The Bertz CT molecular complexity index is 728. The molecule has 2 amide bonds. The van der Waals surface area contributed by atoms with Crippen LogP contribution in [0.3, 0.4) is 0 Å². The third-order valence-electron chi connectivity index (χ3n) is 2.96. The van der Waals surface area contributed by atoms with Crippen molar-refractivity contribution in [2.24, 2.45) is 5.73 Å². The van der Waals surface area contributed by atoms with E-state index in [1.807, 2.05) is 0 Å². The Morgan fingerprint density at radius 1 is 1.33 bits per heavy atom. The van der Waals surface area contributed by atoms with Gasteiger partial charge in [-0.15, -0.1) is 0 Å². The number of phenolic OH excluding ortho intramolecular Hbond substituents is 1. The second kappa shape index (κ2) is 5.49. The van der Waals surface area contributed by atoms with Crippen LogP contribution in [0.25, 0.3) is 11.1 Å². The SMILES string of the molecule is Cc1cc([N+](=O)[O-])cc(NC(N)=O)c1-c1ccccc1O. The van der Waals surface area contributed by atoms with Gasteiger partial charge in [0.1, 0.15) is 5.75 Å². The molecule has 0 radical (unpaired) electrons. The van der Waals surface area contributed by atoms with E-state index >= 15 is 0 Å². The quantitative estimate of drug-likeness (QED) is 0.594. The summed E-state index contributed by atoms with van der Waals surface area (Å²) in [5.74, 6) is 0.00183. The number of hydrogen-bond donors (Lipinski definition) is 3. The van der Waals surface area contributed by atoms with Crippen molar-refractivity contribution >= 4 is 17.4 Å². The lowest BCUT2D eigenvalue weighted by Crippen LogP contribution is -2.20. The molecule has 0 aromatic heterocycles. The molecule has 0 bridgehead atoms. The van der Waals surface area contributed by atoms with E-state index < -0.39 is 11.0 Å². The second-order valence-electron chi connectivity index (χ2n) is 4.45. The maximum atomic E-state index is 11.1. The standard InChI is InChI=1S/C14H13N3O4/c1-8-6-9(17(20)21)7-11(16-14(15)19)13(8)10-4-2-3-5-12(10)18/h2-7,18H,1H3,(H3,15,16,19). The van der Waals surface area contributed by atoms with Crippen LogP contribution in [-0.4, -0.2) is 16.1 Å². The van der Waals surface area contributed by atoms with Crippen molar-refractivity contribution in [3.63, 3.8) is 0 Å². The number of phenols is 1. The number of nitrogens with two attached hydrogens (primary N) is 1. The van der Waals surface area contributed by atoms with Crippen LogP contribution >= 0.6 is 0 Å². The third kappa shape index (κ3) is 2.92. The summed E-state index contributed by atoms with van der Waals surface area (Å²) >= 11 is 0. The van der Waals surface area contributed by atoms with Gasteiger partial charge in [0.05, 0.1) is 10.6 Å². The number of aromatic hydroxyl groups is 1. The lowest BCUT2D eigenvalue weighted by molar-refractivity contribution is -0.384. The van der Waals surface area contributed by atoms with E-state index in [1.54, 1.807) is 25.1 Å². The molecule has 0 spiro atoms. The molecule has 0 aliphatic rings. The highest BCUT2D eigenvalue weighted by atomic mass is 16.6. The first-order chi connectivity index (χ1) is 9.90. The van der Waals surface area contributed by atoms with Crippen LogP contribution in [-0.2, 0) is 0 Å². The zero-order valence-corrected chi connectivity index (χ0v) is 11.2. The highest BCUT2D eigenvalue weighted by molar-refractivity contribution is 5.96. The molecule has 0 fully saturated rings. The topological polar surface area (TPSA) is 118 Å². The maximum Gasteiger partial charge on any atom is 0.316 e. The van der Waals surface area contributed by atoms with Gasteiger partial charge in [-0.3, -0.25) is 10.1 Å². The molecule has 2 aromatic carbocycles. The number of nitro groups is 1. The van der Waals surface area contributed by atoms with Crippen molar-refractivity contribution in [1.82, 2.24) is 0 Å². The van der Waals surface area contributed by atoms with Crippen LogP contribution in [0.4, 0.5) is 16.2 Å².